The van der Waals surface area contributed by atoms with Gasteiger partial charge < -0.3 is 9.64 Å². The molecule has 2 aliphatic rings. The zero-order valence-corrected chi connectivity index (χ0v) is 15.5. The predicted molar refractivity (Wildman–Crippen MR) is 96.6 cm³/mol. The van der Waals surface area contributed by atoms with Crippen molar-refractivity contribution in [3.05, 3.63) is 17.5 Å². The van der Waals surface area contributed by atoms with E-state index in [4.69, 9.17) is 4.74 Å². The Bertz CT molecular complexity index is 542. The fourth-order valence-electron chi connectivity index (χ4n) is 3.41. The van der Waals surface area contributed by atoms with E-state index < -0.39 is 0 Å². The number of morpholine rings is 1. The van der Waals surface area contributed by atoms with Crippen LogP contribution in [0.1, 0.15) is 25.1 Å². The van der Waals surface area contributed by atoms with E-state index >= 15 is 0 Å². The molecule has 24 heavy (non-hydrogen) atoms. The number of aryl methyl sites for hydroxylation is 2. The molecule has 0 aliphatic carbocycles. The van der Waals surface area contributed by atoms with Gasteiger partial charge in [-0.05, 0) is 33.3 Å². The Balaban J connectivity index is 1.49. The number of piperazine rings is 1. The molecule has 3 heterocycles. The van der Waals surface area contributed by atoms with Crippen LogP contribution in [0.5, 0.6) is 0 Å². The summed E-state index contributed by atoms with van der Waals surface area (Å²) in [6.45, 7) is 16.7. The predicted octanol–water partition coefficient (Wildman–Crippen LogP) is 1.32. The molecular weight excluding hydrogens is 302 g/mol. The Morgan fingerprint density at radius 3 is 2.58 bits per heavy atom. The molecule has 0 aromatic carbocycles. The number of anilines is 1. The molecule has 2 saturated heterocycles. The van der Waals surface area contributed by atoms with Crippen LogP contribution in [0, 0.1) is 13.8 Å². The maximum Gasteiger partial charge on any atom is 0.225 e. The molecule has 0 radical (unpaired) electrons. The van der Waals surface area contributed by atoms with Crippen LogP contribution in [0.2, 0.25) is 0 Å². The molecule has 3 rings (SSSR count). The number of ether oxygens (including phenoxy) is 1. The van der Waals surface area contributed by atoms with Gasteiger partial charge in [0.05, 0.1) is 12.7 Å². The van der Waals surface area contributed by atoms with E-state index in [1.165, 1.54) is 0 Å². The summed E-state index contributed by atoms with van der Waals surface area (Å²) in [4.78, 5) is 16.5. The number of hydrogen-bond acceptors (Lipinski definition) is 6. The molecule has 2 aliphatic heterocycles. The van der Waals surface area contributed by atoms with E-state index in [-0.39, 0.29) is 0 Å². The van der Waals surface area contributed by atoms with Crippen molar-refractivity contribution in [3.8, 4) is 0 Å². The number of nitrogens with zero attached hydrogens (tertiary/aromatic N) is 5. The fourth-order valence-corrected chi connectivity index (χ4v) is 3.41. The number of hydrogen-bond donors (Lipinski definition) is 0. The second-order valence-corrected chi connectivity index (χ2v) is 7.31. The van der Waals surface area contributed by atoms with Crippen molar-refractivity contribution in [3.63, 3.8) is 0 Å². The highest BCUT2D eigenvalue weighted by molar-refractivity contribution is 5.33. The fraction of sp³-hybridized carbons (Fsp3) is 0.778. The van der Waals surface area contributed by atoms with E-state index in [0.29, 0.717) is 12.1 Å². The summed E-state index contributed by atoms with van der Waals surface area (Å²) in [7, 11) is 0. The first-order chi connectivity index (χ1) is 11.5. The third kappa shape index (κ3) is 4.23. The molecule has 0 N–H and O–H groups in total. The zero-order valence-electron chi connectivity index (χ0n) is 15.5. The molecular formula is C18H31N5O. The van der Waals surface area contributed by atoms with Gasteiger partial charge in [-0.1, -0.05) is 0 Å². The lowest BCUT2D eigenvalue weighted by atomic mass is 10.2. The van der Waals surface area contributed by atoms with E-state index in [9.17, 15) is 0 Å². The largest absolute Gasteiger partial charge is 0.374 e. The van der Waals surface area contributed by atoms with Crippen LogP contribution in [-0.2, 0) is 4.74 Å². The number of rotatable bonds is 4. The lowest BCUT2D eigenvalue weighted by Crippen LogP contribution is -2.53. The molecule has 134 valence electrons. The standard InChI is InChI=1S/C18H31N5O/c1-14(2)23-9-10-24-17(13-23)12-21-5-7-22(8-6-21)18-19-11-15(3)16(4)20-18/h11,14,17H,5-10,12-13H2,1-4H3. The molecule has 1 atom stereocenters. The summed E-state index contributed by atoms with van der Waals surface area (Å²) < 4.78 is 5.98. The summed E-state index contributed by atoms with van der Waals surface area (Å²) in [5.74, 6) is 0.873. The molecule has 0 amide bonds. The van der Waals surface area contributed by atoms with Crippen LogP contribution in [-0.4, -0.2) is 84.3 Å². The molecule has 2 fully saturated rings. The highest BCUT2D eigenvalue weighted by Gasteiger charge is 2.26. The smallest absolute Gasteiger partial charge is 0.225 e. The molecule has 0 spiro atoms. The first-order valence-electron chi connectivity index (χ1n) is 9.16. The third-order valence-corrected chi connectivity index (χ3v) is 5.23. The Morgan fingerprint density at radius 2 is 1.92 bits per heavy atom. The van der Waals surface area contributed by atoms with Crippen LogP contribution in [0.15, 0.2) is 6.20 Å². The van der Waals surface area contributed by atoms with Gasteiger partial charge in [-0.2, -0.15) is 0 Å². The van der Waals surface area contributed by atoms with Crippen LogP contribution in [0.25, 0.3) is 0 Å². The van der Waals surface area contributed by atoms with Crippen LogP contribution >= 0.6 is 0 Å². The van der Waals surface area contributed by atoms with Crippen molar-refractivity contribution in [1.82, 2.24) is 19.8 Å². The van der Waals surface area contributed by atoms with E-state index in [0.717, 1.165) is 69.6 Å². The summed E-state index contributed by atoms with van der Waals surface area (Å²) in [6, 6.07) is 0.607. The van der Waals surface area contributed by atoms with Crippen molar-refractivity contribution in [2.75, 3.05) is 57.3 Å². The maximum atomic E-state index is 5.98. The lowest BCUT2D eigenvalue weighted by molar-refractivity contribution is -0.0525. The van der Waals surface area contributed by atoms with Gasteiger partial charge in [0.25, 0.3) is 0 Å². The van der Waals surface area contributed by atoms with E-state index in [1.54, 1.807) is 0 Å². The topological polar surface area (TPSA) is 44.7 Å². The molecule has 6 nitrogen and oxygen atoms in total. The Hall–Kier alpha value is -1.24. The van der Waals surface area contributed by atoms with Crippen LogP contribution in [0.4, 0.5) is 5.95 Å². The summed E-state index contributed by atoms with van der Waals surface area (Å²) in [6.07, 6.45) is 2.27. The minimum absolute atomic E-state index is 0.338. The summed E-state index contributed by atoms with van der Waals surface area (Å²) >= 11 is 0. The van der Waals surface area contributed by atoms with Crippen molar-refractivity contribution >= 4 is 5.95 Å². The average Bonchev–Trinajstić information content (AvgIpc) is 2.58. The zero-order chi connectivity index (χ0) is 17.1. The minimum Gasteiger partial charge on any atom is -0.374 e. The van der Waals surface area contributed by atoms with E-state index in [1.807, 2.05) is 6.20 Å². The highest BCUT2D eigenvalue weighted by Crippen LogP contribution is 2.15. The number of aromatic nitrogens is 2. The summed E-state index contributed by atoms with van der Waals surface area (Å²) in [5, 5.41) is 0. The van der Waals surface area contributed by atoms with Crippen molar-refractivity contribution in [2.24, 2.45) is 0 Å². The van der Waals surface area contributed by atoms with Crippen LogP contribution in [0.3, 0.4) is 0 Å². The van der Waals surface area contributed by atoms with Gasteiger partial charge in [-0.3, -0.25) is 9.80 Å². The Morgan fingerprint density at radius 1 is 1.17 bits per heavy atom. The van der Waals surface area contributed by atoms with Crippen molar-refractivity contribution < 1.29 is 4.74 Å². The van der Waals surface area contributed by atoms with Gasteiger partial charge >= 0.3 is 0 Å². The second-order valence-electron chi connectivity index (χ2n) is 7.31. The van der Waals surface area contributed by atoms with Gasteiger partial charge in [0, 0.05) is 63.7 Å². The highest BCUT2D eigenvalue weighted by atomic mass is 16.5. The van der Waals surface area contributed by atoms with Gasteiger partial charge in [0.2, 0.25) is 5.95 Å². The SMILES string of the molecule is Cc1cnc(N2CCN(CC3CN(C(C)C)CCO3)CC2)nc1C. The first kappa shape index (κ1) is 17.6. The quantitative estimate of drug-likeness (QED) is 0.828. The molecule has 1 unspecified atom stereocenters. The Labute approximate surface area is 145 Å². The van der Waals surface area contributed by atoms with Crippen molar-refractivity contribution in [2.45, 2.75) is 39.8 Å². The average molecular weight is 333 g/mol. The maximum absolute atomic E-state index is 5.98. The minimum atomic E-state index is 0.338. The van der Waals surface area contributed by atoms with Gasteiger partial charge in [0.1, 0.15) is 0 Å². The van der Waals surface area contributed by atoms with Gasteiger partial charge in [-0.25, -0.2) is 9.97 Å². The van der Waals surface area contributed by atoms with Gasteiger partial charge in [-0.15, -0.1) is 0 Å². The monoisotopic (exact) mass is 333 g/mol. The molecule has 1 aromatic heterocycles. The second kappa shape index (κ2) is 7.76. The van der Waals surface area contributed by atoms with Gasteiger partial charge in [0.15, 0.2) is 0 Å². The normalized spacial score (nSPS) is 23.9. The van der Waals surface area contributed by atoms with Crippen LogP contribution < -0.4 is 4.90 Å². The molecule has 0 bridgehead atoms. The molecule has 1 aromatic rings. The van der Waals surface area contributed by atoms with E-state index in [2.05, 4.69) is 52.4 Å². The Kier molecular flexibility index (Phi) is 5.69. The van der Waals surface area contributed by atoms with Crippen molar-refractivity contribution in [1.29, 1.82) is 0 Å². The molecule has 0 saturated carbocycles. The lowest BCUT2D eigenvalue weighted by Gasteiger charge is -2.40. The third-order valence-electron chi connectivity index (χ3n) is 5.23. The molecule has 6 heteroatoms. The first-order valence-corrected chi connectivity index (χ1v) is 9.16. The summed E-state index contributed by atoms with van der Waals surface area (Å²) in [5.41, 5.74) is 2.23.